The molecule has 16 heavy (non-hydrogen) atoms. The molecule has 1 atom stereocenters. The van der Waals surface area contributed by atoms with Crippen molar-refractivity contribution in [3.8, 4) is 12.3 Å². The molecule has 0 saturated heterocycles. The van der Waals surface area contributed by atoms with E-state index in [9.17, 15) is 0 Å². The summed E-state index contributed by atoms with van der Waals surface area (Å²) in [7, 11) is 0. The summed E-state index contributed by atoms with van der Waals surface area (Å²) in [6.45, 7) is 5.62. The number of hydrogen-bond acceptors (Lipinski definition) is 3. The highest BCUT2D eigenvalue weighted by Gasteiger charge is 2.06. The van der Waals surface area contributed by atoms with Crippen molar-refractivity contribution in [2.24, 2.45) is 5.73 Å². The van der Waals surface area contributed by atoms with Gasteiger partial charge in [0.05, 0.1) is 24.1 Å². The zero-order valence-corrected chi connectivity index (χ0v) is 9.98. The lowest BCUT2D eigenvalue weighted by Gasteiger charge is -2.21. The smallest absolute Gasteiger partial charge is 0.0792 e. The summed E-state index contributed by atoms with van der Waals surface area (Å²) in [5.41, 5.74) is 7.71. The van der Waals surface area contributed by atoms with Gasteiger partial charge < -0.3 is 10.6 Å². The fraction of sp³-hybridized carbons (Fsp3) is 0.462. The van der Waals surface area contributed by atoms with Crippen molar-refractivity contribution in [3.63, 3.8) is 0 Å². The van der Waals surface area contributed by atoms with E-state index in [0.29, 0.717) is 6.54 Å². The standard InChI is InChI=1S/C13H19N3/c1-4-8-16(9-5-2)12-6-7-13(11(3)14)15-10-12/h1,6-7,10-11H,5,8-9,14H2,2-3H3/t11-/m1/s1. The van der Waals surface area contributed by atoms with E-state index in [-0.39, 0.29) is 6.04 Å². The molecule has 0 bridgehead atoms. The monoisotopic (exact) mass is 217 g/mol. The number of pyridine rings is 1. The normalized spacial score (nSPS) is 11.9. The number of aromatic nitrogens is 1. The average Bonchev–Trinajstić information content (AvgIpc) is 2.29. The van der Waals surface area contributed by atoms with Crippen molar-refractivity contribution < 1.29 is 0 Å². The van der Waals surface area contributed by atoms with E-state index in [0.717, 1.165) is 24.3 Å². The predicted molar refractivity (Wildman–Crippen MR) is 68.2 cm³/mol. The summed E-state index contributed by atoms with van der Waals surface area (Å²) in [6, 6.07) is 3.96. The first-order valence-electron chi connectivity index (χ1n) is 5.59. The van der Waals surface area contributed by atoms with Gasteiger partial charge in [0.2, 0.25) is 0 Å². The van der Waals surface area contributed by atoms with Crippen molar-refractivity contribution in [2.45, 2.75) is 26.3 Å². The van der Waals surface area contributed by atoms with Crippen molar-refractivity contribution in [2.75, 3.05) is 18.0 Å². The second-order valence-electron chi connectivity index (χ2n) is 3.86. The Morgan fingerprint density at radius 1 is 1.56 bits per heavy atom. The zero-order chi connectivity index (χ0) is 12.0. The molecule has 1 aromatic rings. The Hall–Kier alpha value is -1.53. The molecule has 0 spiro atoms. The van der Waals surface area contributed by atoms with E-state index in [1.807, 2.05) is 25.3 Å². The van der Waals surface area contributed by atoms with E-state index in [2.05, 4.69) is 22.7 Å². The van der Waals surface area contributed by atoms with Crippen molar-refractivity contribution in [1.29, 1.82) is 0 Å². The minimum atomic E-state index is -0.0266. The first kappa shape index (κ1) is 12.5. The molecule has 0 saturated carbocycles. The molecule has 3 heteroatoms. The van der Waals surface area contributed by atoms with E-state index >= 15 is 0 Å². The Morgan fingerprint density at radius 3 is 2.75 bits per heavy atom. The number of hydrogen-bond donors (Lipinski definition) is 1. The molecular weight excluding hydrogens is 198 g/mol. The molecule has 0 unspecified atom stereocenters. The molecule has 3 nitrogen and oxygen atoms in total. The molecule has 0 radical (unpaired) electrons. The van der Waals surface area contributed by atoms with Gasteiger partial charge >= 0.3 is 0 Å². The molecule has 0 fully saturated rings. The highest BCUT2D eigenvalue weighted by Crippen LogP contribution is 2.15. The Kier molecular flexibility index (Phi) is 4.81. The average molecular weight is 217 g/mol. The van der Waals surface area contributed by atoms with Crippen molar-refractivity contribution in [1.82, 2.24) is 4.98 Å². The second kappa shape index (κ2) is 6.14. The van der Waals surface area contributed by atoms with Crippen LogP contribution in [0.3, 0.4) is 0 Å². The summed E-state index contributed by atoms with van der Waals surface area (Å²) >= 11 is 0. The van der Waals surface area contributed by atoms with Crippen LogP contribution in [0.15, 0.2) is 18.3 Å². The van der Waals surface area contributed by atoms with Gasteiger partial charge in [0.25, 0.3) is 0 Å². The van der Waals surface area contributed by atoms with Crippen LogP contribution < -0.4 is 10.6 Å². The van der Waals surface area contributed by atoms with Crippen LogP contribution in [0.25, 0.3) is 0 Å². The van der Waals surface area contributed by atoms with E-state index in [1.165, 1.54) is 0 Å². The molecule has 2 N–H and O–H groups in total. The third kappa shape index (κ3) is 3.25. The minimum absolute atomic E-state index is 0.0266. The van der Waals surface area contributed by atoms with Crippen LogP contribution in [-0.4, -0.2) is 18.1 Å². The van der Waals surface area contributed by atoms with E-state index in [1.54, 1.807) is 0 Å². The zero-order valence-electron chi connectivity index (χ0n) is 9.98. The Balaban J connectivity index is 2.81. The Bertz CT molecular complexity index is 348. The van der Waals surface area contributed by atoms with E-state index in [4.69, 9.17) is 12.2 Å². The lowest BCUT2D eigenvalue weighted by atomic mass is 10.2. The van der Waals surface area contributed by atoms with Gasteiger partial charge in [0, 0.05) is 12.6 Å². The van der Waals surface area contributed by atoms with Crippen LogP contribution in [0, 0.1) is 12.3 Å². The van der Waals surface area contributed by atoms with Gasteiger partial charge in [0.1, 0.15) is 0 Å². The summed E-state index contributed by atoms with van der Waals surface area (Å²) < 4.78 is 0. The van der Waals surface area contributed by atoms with E-state index < -0.39 is 0 Å². The summed E-state index contributed by atoms with van der Waals surface area (Å²) in [4.78, 5) is 6.47. The van der Waals surface area contributed by atoms with Gasteiger partial charge in [-0.3, -0.25) is 4.98 Å². The van der Waals surface area contributed by atoms with Crippen LogP contribution in [0.2, 0.25) is 0 Å². The van der Waals surface area contributed by atoms with Crippen LogP contribution in [0.1, 0.15) is 32.0 Å². The van der Waals surface area contributed by atoms with Crippen LogP contribution in [0.4, 0.5) is 5.69 Å². The molecular formula is C13H19N3. The maximum absolute atomic E-state index is 5.75. The first-order chi connectivity index (χ1) is 7.69. The molecule has 0 aliphatic rings. The number of rotatable bonds is 5. The molecule has 0 aliphatic heterocycles. The largest absolute Gasteiger partial charge is 0.359 e. The predicted octanol–water partition coefficient (Wildman–Crippen LogP) is 1.95. The van der Waals surface area contributed by atoms with Crippen LogP contribution in [-0.2, 0) is 0 Å². The number of anilines is 1. The molecule has 1 aromatic heterocycles. The van der Waals surface area contributed by atoms with Gasteiger partial charge in [-0.1, -0.05) is 12.8 Å². The van der Waals surface area contributed by atoms with Crippen molar-refractivity contribution in [3.05, 3.63) is 24.0 Å². The lowest BCUT2D eigenvalue weighted by molar-refractivity contribution is 0.774. The van der Waals surface area contributed by atoms with Gasteiger partial charge in [-0.2, -0.15) is 0 Å². The molecule has 1 rings (SSSR count). The SMILES string of the molecule is C#CCN(CCC)c1ccc([C@@H](C)N)nc1. The highest BCUT2D eigenvalue weighted by molar-refractivity contribution is 5.45. The quantitative estimate of drug-likeness (QED) is 0.766. The maximum atomic E-state index is 5.75. The minimum Gasteiger partial charge on any atom is -0.359 e. The number of nitrogens with two attached hydrogens (primary N) is 1. The lowest BCUT2D eigenvalue weighted by Crippen LogP contribution is -2.24. The third-order valence-corrected chi connectivity index (χ3v) is 2.38. The van der Waals surface area contributed by atoms with Gasteiger partial charge in [-0.25, -0.2) is 0 Å². The maximum Gasteiger partial charge on any atom is 0.0792 e. The third-order valence-electron chi connectivity index (χ3n) is 2.38. The fourth-order valence-corrected chi connectivity index (χ4v) is 1.53. The number of nitrogens with zero attached hydrogens (tertiary/aromatic N) is 2. The first-order valence-corrected chi connectivity index (χ1v) is 5.59. The second-order valence-corrected chi connectivity index (χ2v) is 3.86. The topological polar surface area (TPSA) is 42.1 Å². The van der Waals surface area contributed by atoms with Crippen molar-refractivity contribution >= 4 is 5.69 Å². The molecule has 86 valence electrons. The summed E-state index contributed by atoms with van der Waals surface area (Å²) in [5, 5.41) is 0. The Morgan fingerprint density at radius 2 is 2.31 bits per heavy atom. The molecule has 0 amide bonds. The fourth-order valence-electron chi connectivity index (χ4n) is 1.53. The molecule has 0 aromatic carbocycles. The Labute approximate surface area is 97.7 Å². The summed E-state index contributed by atoms with van der Waals surface area (Å²) in [6.07, 6.45) is 8.25. The van der Waals surface area contributed by atoms with Gasteiger partial charge in [-0.05, 0) is 25.5 Å². The molecule has 0 aliphatic carbocycles. The highest BCUT2D eigenvalue weighted by atomic mass is 15.1. The molecule has 1 heterocycles. The summed E-state index contributed by atoms with van der Waals surface area (Å²) in [5.74, 6) is 2.66. The van der Waals surface area contributed by atoms with Crippen LogP contribution >= 0.6 is 0 Å². The van der Waals surface area contributed by atoms with Crippen LogP contribution in [0.5, 0.6) is 0 Å². The van der Waals surface area contributed by atoms with Gasteiger partial charge in [0.15, 0.2) is 0 Å². The van der Waals surface area contributed by atoms with Gasteiger partial charge in [-0.15, -0.1) is 6.42 Å². The number of terminal acetylenes is 1.